The largest absolute Gasteiger partial charge is 0.380 e. The summed E-state index contributed by atoms with van der Waals surface area (Å²) in [6.07, 6.45) is 6.31. The second-order valence-corrected chi connectivity index (χ2v) is 10.0. The molecule has 7 heteroatoms. The molecule has 1 fully saturated rings. The van der Waals surface area contributed by atoms with Crippen LogP contribution in [0.4, 0.5) is 5.69 Å². The maximum Gasteiger partial charge on any atom is 0.236 e. The van der Waals surface area contributed by atoms with Crippen molar-refractivity contribution in [1.29, 1.82) is 0 Å². The molecule has 0 bridgehead atoms. The van der Waals surface area contributed by atoms with Crippen LogP contribution in [0.2, 0.25) is 0 Å². The van der Waals surface area contributed by atoms with Gasteiger partial charge in [0.25, 0.3) is 0 Å². The van der Waals surface area contributed by atoms with Crippen molar-refractivity contribution in [3.05, 3.63) is 29.8 Å². The monoisotopic (exact) mass is 486 g/mol. The SMILES string of the molecule is CC(C)CCCCOCCN(C)C(=O)CC(=O)N(C)c1ccc(CC(=O)C2CCCCC2=O)cc1. The predicted octanol–water partition coefficient (Wildman–Crippen LogP) is 4.21. The molecule has 194 valence electrons. The number of amides is 2. The van der Waals surface area contributed by atoms with E-state index in [1.807, 2.05) is 0 Å². The molecular formula is C28H42N2O5. The quantitative estimate of drug-likeness (QED) is 0.291. The fraction of sp³-hybridized carbons (Fsp3) is 0.643. The van der Waals surface area contributed by atoms with Gasteiger partial charge in [-0.15, -0.1) is 0 Å². The fourth-order valence-corrected chi connectivity index (χ4v) is 4.20. The smallest absolute Gasteiger partial charge is 0.236 e. The highest BCUT2D eigenvalue weighted by Crippen LogP contribution is 2.23. The van der Waals surface area contributed by atoms with Crippen LogP contribution in [0, 0.1) is 11.8 Å². The van der Waals surface area contributed by atoms with Gasteiger partial charge in [0.2, 0.25) is 11.8 Å². The van der Waals surface area contributed by atoms with Gasteiger partial charge in [-0.05, 0) is 42.9 Å². The van der Waals surface area contributed by atoms with Gasteiger partial charge in [-0.25, -0.2) is 0 Å². The summed E-state index contributed by atoms with van der Waals surface area (Å²) in [6.45, 7) is 6.02. The molecular weight excluding hydrogens is 444 g/mol. The van der Waals surface area contributed by atoms with E-state index in [0.717, 1.165) is 31.2 Å². The van der Waals surface area contributed by atoms with Crippen LogP contribution in [0.15, 0.2) is 24.3 Å². The van der Waals surface area contributed by atoms with Gasteiger partial charge in [-0.2, -0.15) is 0 Å². The Hall–Kier alpha value is -2.54. The Kier molecular flexibility index (Phi) is 12.1. The Labute approximate surface area is 210 Å². The molecule has 2 rings (SSSR count). The molecule has 1 atom stereocenters. The van der Waals surface area contributed by atoms with Crippen LogP contribution >= 0.6 is 0 Å². The standard InChI is InChI=1S/C28H42N2O5/c1-21(2)9-7-8-17-35-18-16-29(3)27(33)20-28(34)30(4)23-14-12-22(13-15-23)19-26(32)24-10-5-6-11-25(24)31/h12-15,21,24H,5-11,16-20H2,1-4H3. The zero-order chi connectivity index (χ0) is 25.8. The second kappa shape index (κ2) is 14.8. The van der Waals surface area contributed by atoms with Crippen molar-refractivity contribution in [2.75, 3.05) is 38.8 Å². The molecule has 7 nitrogen and oxygen atoms in total. The average Bonchev–Trinajstić information content (AvgIpc) is 2.83. The number of likely N-dealkylation sites (N-methyl/N-ethyl adjacent to an activating group) is 1. The van der Waals surface area contributed by atoms with Crippen LogP contribution in [0.5, 0.6) is 0 Å². The lowest BCUT2D eigenvalue weighted by Crippen LogP contribution is -2.36. The first-order valence-electron chi connectivity index (χ1n) is 12.9. The molecule has 0 saturated heterocycles. The van der Waals surface area contributed by atoms with E-state index in [0.29, 0.717) is 44.2 Å². The van der Waals surface area contributed by atoms with Crippen LogP contribution in [-0.4, -0.2) is 62.1 Å². The Balaban J connectivity index is 1.74. The molecule has 0 heterocycles. The third-order valence-corrected chi connectivity index (χ3v) is 6.64. The molecule has 0 spiro atoms. The van der Waals surface area contributed by atoms with Crippen LogP contribution < -0.4 is 4.90 Å². The number of unbranched alkanes of at least 4 members (excludes halogenated alkanes) is 1. The molecule has 0 aliphatic heterocycles. The second-order valence-electron chi connectivity index (χ2n) is 10.0. The Morgan fingerprint density at radius 2 is 1.71 bits per heavy atom. The van der Waals surface area contributed by atoms with Gasteiger partial charge in [0.15, 0.2) is 0 Å². The molecule has 1 unspecified atom stereocenters. The normalized spacial score (nSPS) is 15.8. The molecule has 35 heavy (non-hydrogen) atoms. The zero-order valence-corrected chi connectivity index (χ0v) is 21.9. The number of ketones is 2. The Morgan fingerprint density at radius 3 is 2.37 bits per heavy atom. The van der Waals surface area contributed by atoms with E-state index in [9.17, 15) is 19.2 Å². The number of Topliss-reactive ketones (excluding diaryl/α,β-unsaturated/α-hetero) is 2. The summed E-state index contributed by atoms with van der Waals surface area (Å²) in [5, 5.41) is 0. The number of hydrogen-bond acceptors (Lipinski definition) is 5. The Bertz CT molecular complexity index is 849. The van der Waals surface area contributed by atoms with Gasteiger partial charge >= 0.3 is 0 Å². The topological polar surface area (TPSA) is 84.0 Å². The van der Waals surface area contributed by atoms with Gasteiger partial charge in [-0.1, -0.05) is 45.2 Å². The first kappa shape index (κ1) is 28.7. The lowest BCUT2D eigenvalue weighted by molar-refractivity contribution is -0.135. The summed E-state index contributed by atoms with van der Waals surface area (Å²) in [6, 6.07) is 7.14. The molecule has 1 aromatic rings. The maximum atomic E-state index is 12.6. The summed E-state index contributed by atoms with van der Waals surface area (Å²) in [5.74, 6) is -0.274. The minimum absolute atomic E-state index is 0.0277. The summed E-state index contributed by atoms with van der Waals surface area (Å²) in [5.41, 5.74) is 1.47. The van der Waals surface area contributed by atoms with Gasteiger partial charge < -0.3 is 14.5 Å². The lowest BCUT2D eigenvalue weighted by atomic mass is 9.83. The third-order valence-electron chi connectivity index (χ3n) is 6.64. The van der Waals surface area contributed by atoms with Crippen molar-refractivity contribution in [2.24, 2.45) is 11.8 Å². The van der Waals surface area contributed by atoms with Crippen molar-refractivity contribution in [3.8, 4) is 0 Å². The molecule has 1 saturated carbocycles. The Morgan fingerprint density at radius 1 is 1.00 bits per heavy atom. The van der Waals surface area contributed by atoms with Crippen LogP contribution in [-0.2, 0) is 30.3 Å². The van der Waals surface area contributed by atoms with Crippen molar-refractivity contribution in [3.63, 3.8) is 0 Å². The molecule has 1 aliphatic rings. The van der Waals surface area contributed by atoms with Gasteiger partial charge in [-0.3, -0.25) is 19.2 Å². The van der Waals surface area contributed by atoms with Gasteiger partial charge in [0, 0.05) is 45.8 Å². The molecule has 1 aliphatic carbocycles. The van der Waals surface area contributed by atoms with Crippen LogP contribution in [0.3, 0.4) is 0 Å². The van der Waals surface area contributed by atoms with Crippen LogP contribution in [0.1, 0.15) is 70.8 Å². The highest BCUT2D eigenvalue weighted by Gasteiger charge is 2.28. The van der Waals surface area contributed by atoms with E-state index < -0.39 is 5.92 Å². The van der Waals surface area contributed by atoms with E-state index in [-0.39, 0.29) is 36.2 Å². The van der Waals surface area contributed by atoms with E-state index in [1.54, 1.807) is 38.4 Å². The van der Waals surface area contributed by atoms with E-state index >= 15 is 0 Å². The minimum atomic E-state index is -0.467. The average molecular weight is 487 g/mol. The first-order valence-corrected chi connectivity index (χ1v) is 12.9. The number of carbonyl (C=O) groups is 4. The predicted molar refractivity (Wildman–Crippen MR) is 137 cm³/mol. The van der Waals surface area contributed by atoms with Crippen molar-refractivity contribution in [2.45, 2.75) is 71.6 Å². The number of anilines is 1. The van der Waals surface area contributed by atoms with Crippen molar-refractivity contribution < 1.29 is 23.9 Å². The maximum absolute atomic E-state index is 12.6. The first-order chi connectivity index (χ1) is 16.7. The molecule has 0 radical (unpaired) electrons. The number of benzene rings is 1. The van der Waals surface area contributed by atoms with Crippen molar-refractivity contribution in [1.82, 2.24) is 4.90 Å². The molecule has 0 N–H and O–H groups in total. The molecule has 0 aromatic heterocycles. The summed E-state index contributed by atoms with van der Waals surface area (Å²) in [7, 11) is 3.32. The summed E-state index contributed by atoms with van der Waals surface area (Å²) < 4.78 is 5.61. The summed E-state index contributed by atoms with van der Waals surface area (Å²) in [4.78, 5) is 52.6. The number of carbonyl (C=O) groups excluding carboxylic acids is 4. The van der Waals surface area contributed by atoms with Gasteiger partial charge in [0.05, 0.1) is 12.5 Å². The van der Waals surface area contributed by atoms with Gasteiger partial charge in [0.1, 0.15) is 18.0 Å². The highest BCUT2D eigenvalue weighted by atomic mass is 16.5. The highest BCUT2D eigenvalue weighted by molar-refractivity contribution is 6.05. The number of nitrogens with zero attached hydrogens (tertiary/aromatic N) is 2. The fourth-order valence-electron chi connectivity index (χ4n) is 4.20. The van der Waals surface area contributed by atoms with Crippen LogP contribution in [0.25, 0.3) is 0 Å². The minimum Gasteiger partial charge on any atom is -0.380 e. The molecule has 2 amide bonds. The van der Waals surface area contributed by atoms with E-state index in [1.165, 1.54) is 16.2 Å². The molecule has 1 aromatic carbocycles. The third kappa shape index (κ3) is 9.92. The van der Waals surface area contributed by atoms with Crippen molar-refractivity contribution >= 4 is 29.1 Å². The van der Waals surface area contributed by atoms with E-state index in [4.69, 9.17) is 4.74 Å². The summed E-state index contributed by atoms with van der Waals surface area (Å²) >= 11 is 0. The number of ether oxygens (including phenoxy) is 1. The zero-order valence-electron chi connectivity index (χ0n) is 21.9. The van der Waals surface area contributed by atoms with E-state index in [2.05, 4.69) is 13.8 Å². The number of rotatable bonds is 14. The lowest BCUT2D eigenvalue weighted by Gasteiger charge is -2.21. The number of hydrogen-bond donors (Lipinski definition) is 0.